The lowest BCUT2D eigenvalue weighted by Crippen LogP contribution is -2.33. The van der Waals surface area contributed by atoms with Gasteiger partial charge in [-0.1, -0.05) is 6.92 Å². The zero-order valence-electron chi connectivity index (χ0n) is 9.35. The largest absolute Gasteiger partial charge is 0.394 e. The van der Waals surface area contributed by atoms with Crippen LogP contribution in [0.1, 0.15) is 13.2 Å². The predicted molar refractivity (Wildman–Crippen MR) is 59.1 cm³/mol. The highest BCUT2D eigenvalue weighted by Crippen LogP contribution is 2.32. The first kappa shape index (κ1) is 12.0. The molecule has 0 aliphatic carbocycles. The minimum absolute atomic E-state index is 0.116. The summed E-state index contributed by atoms with van der Waals surface area (Å²) in [5, 5.41) is 19.0. The molecule has 7 heteroatoms. The van der Waals surface area contributed by atoms with E-state index < -0.39 is 24.1 Å². The lowest BCUT2D eigenvalue weighted by Gasteiger charge is -2.17. The molecule has 1 aliphatic heterocycles. The molecule has 0 unspecified atom stereocenters. The van der Waals surface area contributed by atoms with Gasteiger partial charge >= 0.3 is 5.69 Å². The fourth-order valence-corrected chi connectivity index (χ4v) is 1.92. The van der Waals surface area contributed by atoms with Crippen LogP contribution in [0.5, 0.6) is 0 Å². The van der Waals surface area contributed by atoms with Crippen LogP contribution in [-0.2, 0) is 4.74 Å². The van der Waals surface area contributed by atoms with Crippen molar-refractivity contribution in [1.82, 2.24) is 9.55 Å². The van der Waals surface area contributed by atoms with Gasteiger partial charge in [0.25, 0.3) is 0 Å². The Morgan fingerprint density at radius 2 is 2.35 bits per heavy atom. The van der Waals surface area contributed by atoms with Crippen molar-refractivity contribution in [2.75, 3.05) is 12.3 Å². The summed E-state index contributed by atoms with van der Waals surface area (Å²) in [6.07, 6.45) is -0.761. The number of nitrogens with two attached hydrogens (primary N) is 1. The van der Waals surface area contributed by atoms with Gasteiger partial charge in [0, 0.05) is 12.1 Å². The van der Waals surface area contributed by atoms with Crippen molar-refractivity contribution in [2.24, 2.45) is 5.92 Å². The van der Waals surface area contributed by atoms with E-state index in [2.05, 4.69) is 4.98 Å². The number of aliphatic hydroxyl groups excluding tert-OH is 2. The number of rotatable bonds is 2. The second-order valence-electron chi connectivity index (χ2n) is 4.14. The fraction of sp³-hybridized carbons (Fsp3) is 0.600. The standard InChI is InChI=1S/C10H15N3O4/c1-5-6(4-14)17-9(8(5)15)13-3-2-7(11)12-10(13)16/h2-3,5-6,8-9,14-15H,4H2,1H3,(H2,11,12,16)/t5-,6-,8-,9-/m1/s1. The molecule has 0 bridgehead atoms. The van der Waals surface area contributed by atoms with Gasteiger partial charge in [0.05, 0.1) is 12.7 Å². The van der Waals surface area contributed by atoms with Gasteiger partial charge in [-0.05, 0) is 6.07 Å². The van der Waals surface area contributed by atoms with Crippen LogP contribution in [0.2, 0.25) is 0 Å². The van der Waals surface area contributed by atoms with E-state index in [1.54, 1.807) is 6.92 Å². The molecule has 2 rings (SSSR count). The summed E-state index contributed by atoms with van der Waals surface area (Å²) in [5.41, 5.74) is 4.79. The molecule has 0 aromatic carbocycles. The molecule has 0 radical (unpaired) electrons. The Hall–Kier alpha value is -1.44. The van der Waals surface area contributed by atoms with Crippen LogP contribution in [0.15, 0.2) is 17.1 Å². The van der Waals surface area contributed by atoms with Crippen molar-refractivity contribution >= 4 is 5.82 Å². The smallest absolute Gasteiger partial charge is 0.351 e. The summed E-state index contributed by atoms with van der Waals surface area (Å²) in [5.74, 6) is -0.139. The predicted octanol–water partition coefficient (Wildman–Crippen LogP) is -1.29. The molecule has 94 valence electrons. The zero-order chi connectivity index (χ0) is 12.6. The molecule has 17 heavy (non-hydrogen) atoms. The highest BCUT2D eigenvalue weighted by molar-refractivity contribution is 5.23. The van der Waals surface area contributed by atoms with E-state index in [0.29, 0.717) is 0 Å². The van der Waals surface area contributed by atoms with Crippen LogP contribution >= 0.6 is 0 Å². The van der Waals surface area contributed by atoms with Crippen LogP contribution in [0, 0.1) is 5.92 Å². The lowest BCUT2D eigenvalue weighted by molar-refractivity contribution is -0.0533. The van der Waals surface area contributed by atoms with Crippen molar-refractivity contribution in [3.8, 4) is 0 Å². The molecular weight excluding hydrogens is 226 g/mol. The first-order valence-corrected chi connectivity index (χ1v) is 5.33. The number of anilines is 1. The summed E-state index contributed by atoms with van der Waals surface area (Å²) >= 11 is 0. The first-order chi connectivity index (χ1) is 8.04. The summed E-state index contributed by atoms with van der Waals surface area (Å²) in [4.78, 5) is 15.2. The van der Waals surface area contributed by atoms with Crippen LogP contribution in [-0.4, -0.2) is 38.6 Å². The maximum Gasteiger partial charge on any atom is 0.351 e. The van der Waals surface area contributed by atoms with E-state index >= 15 is 0 Å². The van der Waals surface area contributed by atoms with Crippen molar-refractivity contribution in [3.05, 3.63) is 22.7 Å². The Balaban J connectivity index is 2.32. The number of aromatic nitrogens is 2. The quantitative estimate of drug-likeness (QED) is 0.594. The maximum absolute atomic E-state index is 11.6. The molecule has 1 saturated heterocycles. The second kappa shape index (κ2) is 4.44. The van der Waals surface area contributed by atoms with E-state index in [0.717, 1.165) is 0 Å². The van der Waals surface area contributed by atoms with E-state index in [-0.39, 0.29) is 18.3 Å². The monoisotopic (exact) mass is 241 g/mol. The third-order valence-electron chi connectivity index (χ3n) is 3.04. The molecule has 1 aromatic rings. The average molecular weight is 241 g/mol. The van der Waals surface area contributed by atoms with Gasteiger partial charge in [0.1, 0.15) is 11.9 Å². The summed E-state index contributed by atoms with van der Waals surface area (Å²) in [6, 6.07) is 1.45. The van der Waals surface area contributed by atoms with Gasteiger partial charge in [-0.25, -0.2) is 4.79 Å². The highest BCUT2D eigenvalue weighted by atomic mass is 16.5. The van der Waals surface area contributed by atoms with Crippen molar-refractivity contribution in [1.29, 1.82) is 0 Å². The zero-order valence-corrected chi connectivity index (χ0v) is 9.35. The number of hydrogen-bond donors (Lipinski definition) is 3. The molecular formula is C10H15N3O4. The summed E-state index contributed by atoms with van der Waals surface area (Å²) < 4.78 is 6.60. The van der Waals surface area contributed by atoms with E-state index in [4.69, 9.17) is 15.6 Å². The van der Waals surface area contributed by atoms with Gasteiger partial charge < -0.3 is 20.7 Å². The Bertz CT molecular complexity index is 461. The third kappa shape index (κ3) is 2.04. The first-order valence-electron chi connectivity index (χ1n) is 5.33. The van der Waals surface area contributed by atoms with Crippen LogP contribution in [0.25, 0.3) is 0 Å². The van der Waals surface area contributed by atoms with Crippen molar-refractivity contribution < 1.29 is 14.9 Å². The van der Waals surface area contributed by atoms with Crippen molar-refractivity contribution in [2.45, 2.75) is 25.4 Å². The SMILES string of the molecule is C[C@H]1[C@@H](O)[C@H](n2ccc(N)nc2=O)O[C@@H]1CO. The Labute approximate surface area is 97.5 Å². The molecule has 0 saturated carbocycles. The van der Waals surface area contributed by atoms with Gasteiger partial charge in [-0.2, -0.15) is 4.98 Å². The van der Waals surface area contributed by atoms with Gasteiger partial charge in [0.2, 0.25) is 0 Å². The molecule has 1 aromatic heterocycles. The lowest BCUT2D eigenvalue weighted by atomic mass is 10.0. The topological polar surface area (TPSA) is 111 Å². The van der Waals surface area contributed by atoms with E-state index in [1.165, 1.54) is 16.8 Å². The molecule has 7 nitrogen and oxygen atoms in total. The Kier molecular flexibility index (Phi) is 3.14. The van der Waals surface area contributed by atoms with Crippen LogP contribution in [0.3, 0.4) is 0 Å². The van der Waals surface area contributed by atoms with Gasteiger partial charge in [0.15, 0.2) is 6.23 Å². The number of aliphatic hydroxyl groups is 2. The minimum atomic E-state index is -0.865. The van der Waals surface area contributed by atoms with Crippen molar-refractivity contribution in [3.63, 3.8) is 0 Å². The fourth-order valence-electron chi connectivity index (χ4n) is 1.92. The molecule has 4 N–H and O–H groups in total. The highest BCUT2D eigenvalue weighted by Gasteiger charge is 2.41. The normalized spacial score (nSPS) is 32.9. The molecule has 2 heterocycles. The third-order valence-corrected chi connectivity index (χ3v) is 3.04. The average Bonchev–Trinajstić information content (AvgIpc) is 2.57. The maximum atomic E-state index is 11.6. The van der Waals surface area contributed by atoms with E-state index in [1.807, 2.05) is 0 Å². The van der Waals surface area contributed by atoms with Gasteiger partial charge in [-0.15, -0.1) is 0 Å². The Morgan fingerprint density at radius 1 is 1.65 bits per heavy atom. The molecule has 4 atom stereocenters. The van der Waals surface area contributed by atoms with Gasteiger partial charge in [-0.3, -0.25) is 4.57 Å². The molecule has 1 aliphatic rings. The number of nitrogens with zero attached hydrogens (tertiary/aromatic N) is 2. The number of hydrogen-bond acceptors (Lipinski definition) is 6. The molecule has 0 spiro atoms. The minimum Gasteiger partial charge on any atom is -0.394 e. The van der Waals surface area contributed by atoms with E-state index in [9.17, 15) is 9.90 Å². The van der Waals surface area contributed by atoms with Crippen LogP contribution in [0.4, 0.5) is 5.82 Å². The number of ether oxygens (including phenoxy) is 1. The molecule has 1 fully saturated rings. The number of nitrogen functional groups attached to an aromatic ring is 1. The second-order valence-corrected chi connectivity index (χ2v) is 4.14. The molecule has 0 amide bonds. The summed E-state index contributed by atoms with van der Waals surface area (Å²) in [7, 11) is 0. The van der Waals surface area contributed by atoms with Crippen LogP contribution < -0.4 is 11.4 Å². The summed E-state index contributed by atoms with van der Waals surface area (Å²) in [6.45, 7) is 1.55. The Morgan fingerprint density at radius 3 is 2.88 bits per heavy atom.